The molecule has 0 N–H and O–H groups in total. The van der Waals surface area contributed by atoms with E-state index in [1.54, 1.807) is 7.11 Å². The number of methoxy groups -OCH3 is 1. The highest BCUT2D eigenvalue weighted by atomic mass is 16.5. The predicted molar refractivity (Wildman–Crippen MR) is 103 cm³/mol. The van der Waals surface area contributed by atoms with E-state index in [1.807, 2.05) is 53.6 Å². The summed E-state index contributed by atoms with van der Waals surface area (Å²) in [7, 11) is 1.71. The van der Waals surface area contributed by atoms with Crippen LogP contribution in [-0.2, 0) is 4.74 Å². The number of nitrogens with zero attached hydrogens (tertiary/aromatic N) is 2. The van der Waals surface area contributed by atoms with Crippen LogP contribution in [-0.4, -0.2) is 42.1 Å². The van der Waals surface area contributed by atoms with Gasteiger partial charge in [-0.15, -0.1) is 0 Å². The Kier molecular flexibility index (Phi) is 4.67. The molecule has 0 unspecified atom stereocenters. The first-order chi connectivity index (χ1) is 12.8. The van der Waals surface area contributed by atoms with E-state index in [4.69, 9.17) is 4.74 Å². The van der Waals surface area contributed by atoms with Crippen molar-refractivity contribution in [1.29, 1.82) is 0 Å². The largest absolute Gasteiger partial charge is 0.380 e. The molecule has 1 aliphatic heterocycles. The molecule has 1 atom stereocenters. The Labute approximate surface area is 153 Å². The van der Waals surface area contributed by atoms with Gasteiger partial charge in [-0.05, 0) is 36.4 Å². The quantitative estimate of drug-likeness (QED) is 0.715. The zero-order valence-corrected chi connectivity index (χ0v) is 14.9. The fourth-order valence-corrected chi connectivity index (χ4v) is 3.62. The number of hydrogen-bond donors (Lipinski definition) is 0. The topological polar surface area (TPSA) is 42.4 Å². The van der Waals surface area contributed by atoms with Gasteiger partial charge in [-0.3, -0.25) is 9.78 Å². The van der Waals surface area contributed by atoms with Crippen molar-refractivity contribution in [1.82, 2.24) is 9.88 Å². The molecule has 1 aromatic heterocycles. The predicted octanol–water partition coefficient (Wildman–Crippen LogP) is 4.15. The zero-order chi connectivity index (χ0) is 17.9. The monoisotopic (exact) mass is 346 g/mol. The molecule has 132 valence electrons. The summed E-state index contributed by atoms with van der Waals surface area (Å²) in [5, 5.41) is 2.28. The van der Waals surface area contributed by atoms with Gasteiger partial charge in [0.25, 0.3) is 5.91 Å². The molecule has 1 saturated heterocycles. The second-order valence-electron chi connectivity index (χ2n) is 6.71. The molecule has 0 radical (unpaired) electrons. The zero-order valence-electron chi connectivity index (χ0n) is 14.9. The standard InChI is InChI=1S/C22H22N2O2/c1-26-19-6-4-14-24(15-19)22(25)18-10-8-17(9-11-18)21-20-7-3-2-5-16(20)12-13-23-21/h2-3,5,7-13,19H,4,6,14-15H2,1H3/t19-/m0/s1. The van der Waals surface area contributed by atoms with Gasteiger partial charge in [-0.2, -0.15) is 0 Å². The minimum atomic E-state index is 0.0733. The normalized spacial score (nSPS) is 17.4. The van der Waals surface area contributed by atoms with Gasteiger partial charge in [-0.1, -0.05) is 36.4 Å². The molecule has 1 amide bonds. The SMILES string of the molecule is CO[C@H]1CCCN(C(=O)c2ccc(-c3nccc4ccccc34)cc2)C1. The minimum absolute atomic E-state index is 0.0733. The van der Waals surface area contributed by atoms with E-state index in [1.165, 1.54) is 0 Å². The summed E-state index contributed by atoms with van der Waals surface area (Å²) in [6, 6.07) is 18.0. The average molecular weight is 346 g/mol. The molecule has 4 rings (SSSR count). The van der Waals surface area contributed by atoms with Crippen LogP contribution in [0.3, 0.4) is 0 Å². The number of hydrogen-bond acceptors (Lipinski definition) is 3. The van der Waals surface area contributed by atoms with Crippen LogP contribution in [0.2, 0.25) is 0 Å². The Hall–Kier alpha value is -2.72. The summed E-state index contributed by atoms with van der Waals surface area (Å²) in [6.45, 7) is 1.47. The number of ether oxygens (including phenoxy) is 1. The van der Waals surface area contributed by atoms with Crippen molar-refractivity contribution in [3.8, 4) is 11.3 Å². The van der Waals surface area contributed by atoms with Crippen molar-refractivity contribution >= 4 is 16.7 Å². The number of rotatable bonds is 3. The molecule has 2 heterocycles. The van der Waals surface area contributed by atoms with Gasteiger partial charge < -0.3 is 9.64 Å². The molecule has 0 spiro atoms. The highest BCUT2D eigenvalue weighted by molar-refractivity contribution is 5.97. The summed E-state index contributed by atoms with van der Waals surface area (Å²) in [6.07, 6.45) is 3.98. The third-order valence-electron chi connectivity index (χ3n) is 5.08. The van der Waals surface area contributed by atoms with E-state index < -0.39 is 0 Å². The highest BCUT2D eigenvalue weighted by Crippen LogP contribution is 2.27. The summed E-state index contributed by atoms with van der Waals surface area (Å²) >= 11 is 0. The van der Waals surface area contributed by atoms with Crippen LogP contribution >= 0.6 is 0 Å². The smallest absolute Gasteiger partial charge is 0.253 e. The molecule has 0 saturated carbocycles. The maximum atomic E-state index is 12.8. The Morgan fingerprint density at radius 3 is 2.73 bits per heavy atom. The lowest BCUT2D eigenvalue weighted by molar-refractivity contribution is 0.0269. The van der Waals surface area contributed by atoms with Crippen molar-refractivity contribution in [2.24, 2.45) is 0 Å². The molecule has 0 bridgehead atoms. The summed E-state index contributed by atoms with van der Waals surface area (Å²) in [5.41, 5.74) is 2.68. The lowest BCUT2D eigenvalue weighted by Gasteiger charge is -2.32. The number of amides is 1. The molecule has 2 aromatic carbocycles. The van der Waals surface area contributed by atoms with E-state index in [-0.39, 0.29) is 12.0 Å². The molecule has 26 heavy (non-hydrogen) atoms. The van der Waals surface area contributed by atoms with E-state index in [2.05, 4.69) is 17.1 Å². The van der Waals surface area contributed by atoms with Gasteiger partial charge in [0.2, 0.25) is 0 Å². The lowest BCUT2D eigenvalue weighted by Crippen LogP contribution is -2.42. The van der Waals surface area contributed by atoms with E-state index >= 15 is 0 Å². The van der Waals surface area contributed by atoms with E-state index in [0.717, 1.165) is 41.4 Å². The number of benzene rings is 2. The molecular weight excluding hydrogens is 324 g/mol. The second-order valence-corrected chi connectivity index (χ2v) is 6.71. The number of piperidine rings is 1. The molecule has 1 aliphatic rings. The van der Waals surface area contributed by atoms with Crippen LogP contribution in [0.15, 0.2) is 60.8 Å². The first-order valence-electron chi connectivity index (χ1n) is 9.02. The Balaban J connectivity index is 1.59. The van der Waals surface area contributed by atoms with Crippen LogP contribution in [0, 0.1) is 0 Å². The third-order valence-corrected chi connectivity index (χ3v) is 5.08. The van der Waals surface area contributed by atoms with Gasteiger partial charge >= 0.3 is 0 Å². The Morgan fingerprint density at radius 1 is 1.12 bits per heavy atom. The van der Waals surface area contributed by atoms with Gasteiger partial charge in [0.1, 0.15) is 0 Å². The third kappa shape index (κ3) is 3.20. The number of carbonyl (C=O) groups is 1. The summed E-state index contributed by atoms with van der Waals surface area (Å²) < 4.78 is 5.42. The van der Waals surface area contributed by atoms with Gasteiger partial charge in [-0.25, -0.2) is 0 Å². The molecule has 0 aliphatic carbocycles. The minimum Gasteiger partial charge on any atom is -0.380 e. The van der Waals surface area contributed by atoms with Gasteiger partial charge in [0, 0.05) is 42.9 Å². The van der Waals surface area contributed by atoms with Gasteiger partial charge in [0.05, 0.1) is 11.8 Å². The second kappa shape index (κ2) is 7.26. The summed E-state index contributed by atoms with van der Waals surface area (Å²) in [5.74, 6) is 0.0733. The lowest BCUT2D eigenvalue weighted by atomic mass is 10.0. The first-order valence-corrected chi connectivity index (χ1v) is 9.02. The molecule has 4 heteroatoms. The number of likely N-dealkylation sites (tertiary alicyclic amines) is 1. The van der Waals surface area contributed by atoms with Crippen molar-refractivity contribution in [3.05, 3.63) is 66.4 Å². The summed E-state index contributed by atoms with van der Waals surface area (Å²) in [4.78, 5) is 19.2. The molecule has 3 aromatic rings. The molecule has 1 fully saturated rings. The highest BCUT2D eigenvalue weighted by Gasteiger charge is 2.24. The Morgan fingerprint density at radius 2 is 1.92 bits per heavy atom. The van der Waals surface area contributed by atoms with Crippen LogP contribution < -0.4 is 0 Å². The number of fused-ring (bicyclic) bond motifs is 1. The van der Waals surface area contributed by atoms with Crippen molar-refractivity contribution in [2.45, 2.75) is 18.9 Å². The van der Waals surface area contributed by atoms with Crippen LogP contribution in [0.1, 0.15) is 23.2 Å². The van der Waals surface area contributed by atoms with E-state index in [9.17, 15) is 4.79 Å². The average Bonchev–Trinajstić information content (AvgIpc) is 2.73. The fraction of sp³-hybridized carbons (Fsp3) is 0.273. The molecule has 4 nitrogen and oxygen atoms in total. The van der Waals surface area contributed by atoms with Crippen molar-refractivity contribution in [3.63, 3.8) is 0 Å². The number of pyridine rings is 1. The van der Waals surface area contributed by atoms with Crippen molar-refractivity contribution in [2.75, 3.05) is 20.2 Å². The number of carbonyl (C=O) groups excluding carboxylic acids is 1. The van der Waals surface area contributed by atoms with E-state index in [0.29, 0.717) is 12.1 Å². The number of aromatic nitrogens is 1. The van der Waals surface area contributed by atoms with Gasteiger partial charge in [0.15, 0.2) is 0 Å². The molecular formula is C22H22N2O2. The fourth-order valence-electron chi connectivity index (χ4n) is 3.62. The Bertz CT molecular complexity index is 916. The first kappa shape index (κ1) is 16.7. The maximum Gasteiger partial charge on any atom is 0.253 e. The van der Waals surface area contributed by atoms with Crippen LogP contribution in [0.5, 0.6) is 0 Å². The van der Waals surface area contributed by atoms with Crippen LogP contribution in [0.25, 0.3) is 22.0 Å². The van der Waals surface area contributed by atoms with Crippen LogP contribution in [0.4, 0.5) is 0 Å². The maximum absolute atomic E-state index is 12.8. The van der Waals surface area contributed by atoms with Crippen molar-refractivity contribution < 1.29 is 9.53 Å².